The number of carbonyl (C=O) groups excluding carboxylic acids is 1. The van der Waals surface area contributed by atoms with Crippen molar-refractivity contribution in [3.05, 3.63) is 39.4 Å². The van der Waals surface area contributed by atoms with E-state index in [4.69, 9.17) is 4.74 Å². The molecular formula is C19H22BrNO2. The second-order valence-corrected chi connectivity index (χ2v) is 8.12. The number of esters is 1. The molecule has 3 saturated heterocycles. The largest absolute Gasteiger partial charge is 0.461 e. The van der Waals surface area contributed by atoms with Gasteiger partial charge in [-0.25, -0.2) is 4.79 Å². The summed E-state index contributed by atoms with van der Waals surface area (Å²) in [5.74, 6) is -0.157. The highest BCUT2D eigenvalue weighted by molar-refractivity contribution is 9.10. The first-order valence-electron chi connectivity index (χ1n) is 8.45. The lowest BCUT2D eigenvalue weighted by Gasteiger charge is -2.47. The zero-order valence-electron chi connectivity index (χ0n) is 13.5. The highest BCUT2D eigenvalue weighted by Crippen LogP contribution is 2.41. The molecule has 122 valence electrons. The van der Waals surface area contributed by atoms with Crippen molar-refractivity contribution in [2.24, 2.45) is 5.41 Å². The van der Waals surface area contributed by atoms with Crippen LogP contribution in [0.5, 0.6) is 0 Å². The van der Waals surface area contributed by atoms with Crippen molar-refractivity contribution < 1.29 is 9.53 Å². The monoisotopic (exact) mass is 375 g/mol. The molecule has 2 bridgehead atoms. The van der Waals surface area contributed by atoms with Crippen LogP contribution in [0.25, 0.3) is 5.57 Å². The normalized spacial score (nSPS) is 28.4. The van der Waals surface area contributed by atoms with Crippen LogP contribution in [0.1, 0.15) is 36.0 Å². The lowest BCUT2D eigenvalue weighted by atomic mass is 9.73. The van der Waals surface area contributed by atoms with E-state index in [0.29, 0.717) is 6.61 Å². The number of allylic oxidation sites excluding steroid dienone is 1. The van der Waals surface area contributed by atoms with Gasteiger partial charge in [0.25, 0.3) is 0 Å². The number of carbonyl (C=O) groups is 1. The SMILES string of the molecule is Cc1cc(Br)c2c(c1)CC=C2C(=O)OCC12CCN(CC1)CC2. The third-order valence-electron chi connectivity index (χ3n) is 5.72. The molecule has 3 aliphatic heterocycles. The van der Waals surface area contributed by atoms with Crippen molar-refractivity contribution in [2.45, 2.75) is 32.6 Å². The molecule has 0 radical (unpaired) electrons. The van der Waals surface area contributed by atoms with Crippen molar-refractivity contribution in [2.75, 3.05) is 26.2 Å². The number of piperidine rings is 3. The van der Waals surface area contributed by atoms with E-state index in [1.165, 1.54) is 30.4 Å². The van der Waals surface area contributed by atoms with E-state index in [1.54, 1.807) is 0 Å². The molecule has 4 heteroatoms. The van der Waals surface area contributed by atoms with Crippen molar-refractivity contribution in [1.82, 2.24) is 4.90 Å². The quantitative estimate of drug-likeness (QED) is 0.753. The molecule has 3 fully saturated rings. The topological polar surface area (TPSA) is 29.5 Å². The Hall–Kier alpha value is -1.13. The lowest BCUT2D eigenvalue weighted by molar-refractivity contribution is -0.143. The molecule has 0 amide bonds. The van der Waals surface area contributed by atoms with E-state index >= 15 is 0 Å². The van der Waals surface area contributed by atoms with E-state index in [9.17, 15) is 4.79 Å². The maximum atomic E-state index is 12.6. The minimum atomic E-state index is -0.157. The van der Waals surface area contributed by atoms with Gasteiger partial charge in [0.05, 0.1) is 12.2 Å². The van der Waals surface area contributed by atoms with Gasteiger partial charge in [0.1, 0.15) is 0 Å². The number of hydrogen-bond donors (Lipinski definition) is 0. The van der Waals surface area contributed by atoms with E-state index in [2.05, 4.69) is 39.9 Å². The van der Waals surface area contributed by atoms with Crippen molar-refractivity contribution in [1.29, 1.82) is 0 Å². The highest BCUT2D eigenvalue weighted by Gasteiger charge is 2.40. The number of halogens is 1. The van der Waals surface area contributed by atoms with E-state index < -0.39 is 0 Å². The van der Waals surface area contributed by atoms with Crippen LogP contribution in [-0.2, 0) is 16.0 Å². The molecule has 1 aliphatic carbocycles. The van der Waals surface area contributed by atoms with Gasteiger partial charge in [0, 0.05) is 15.5 Å². The highest BCUT2D eigenvalue weighted by atomic mass is 79.9. The van der Waals surface area contributed by atoms with Gasteiger partial charge in [-0.1, -0.05) is 28.1 Å². The average molecular weight is 376 g/mol. The van der Waals surface area contributed by atoms with Crippen LogP contribution in [0.4, 0.5) is 0 Å². The lowest BCUT2D eigenvalue weighted by Crippen LogP contribution is -2.50. The summed E-state index contributed by atoms with van der Waals surface area (Å²) in [7, 11) is 0. The maximum Gasteiger partial charge on any atom is 0.338 e. The number of fused-ring (bicyclic) bond motifs is 4. The Labute approximate surface area is 145 Å². The molecule has 0 saturated carbocycles. The van der Waals surface area contributed by atoms with Crippen molar-refractivity contribution >= 4 is 27.5 Å². The molecule has 4 aliphatic rings. The Morgan fingerprint density at radius 1 is 1.26 bits per heavy atom. The van der Waals surface area contributed by atoms with Gasteiger partial charge in [-0.2, -0.15) is 0 Å². The van der Waals surface area contributed by atoms with E-state index in [0.717, 1.165) is 41.7 Å². The number of benzene rings is 1. The third kappa shape index (κ3) is 2.76. The van der Waals surface area contributed by atoms with Gasteiger partial charge in [-0.3, -0.25) is 0 Å². The predicted molar refractivity (Wildman–Crippen MR) is 94.2 cm³/mol. The van der Waals surface area contributed by atoms with Gasteiger partial charge in [0.15, 0.2) is 0 Å². The van der Waals surface area contributed by atoms with Crippen LogP contribution in [0.2, 0.25) is 0 Å². The summed E-state index contributed by atoms with van der Waals surface area (Å²) in [4.78, 5) is 15.1. The van der Waals surface area contributed by atoms with Crippen LogP contribution in [0, 0.1) is 12.3 Å². The summed E-state index contributed by atoms with van der Waals surface area (Å²) < 4.78 is 6.78. The zero-order chi connectivity index (χ0) is 16.0. The van der Waals surface area contributed by atoms with Crippen LogP contribution in [0.3, 0.4) is 0 Å². The Morgan fingerprint density at radius 3 is 2.65 bits per heavy atom. The van der Waals surface area contributed by atoms with Gasteiger partial charge >= 0.3 is 5.97 Å². The Bertz CT molecular complexity index is 673. The molecule has 0 N–H and O–H groups in total. The molecule has 5 rings (SSSR count). The summed E-state index contributed by atoms with van der Waals surface area (Å²) >= 11 is 3.61. The minimum absolute atomic E-state index is 0.157. The number of rotatable bonds is 3. The van der Waals surface area contributed by atoms with E-state index in [-0.39, 0.29) is 11.4 Å². The van der Waals surface area contributed by atoms with E-state index in [1.807, 2.05) is 6.08 Å². The second kappa shape index (κ2) is 5.75. The van der Waals surface area contributed by atoms with Crippen molar-refractivity contribution in [3.8, 4) is 0 Å². The molecular weight excluding hydrogens is 354 g/mol. The number of ether oxygens (including phenoxy) is 1. The summed E-state index contributed by atoms with van der Waals surface area (Å²) in [6.45, 7) is 6.14. The summed E-state index contributed by atoms with van der Waals surface area (Å²) in [5, 5.41) is 0. The van der Waals surface area contributed by atoms with Crippen LogP contribution >= 0.6 is 15.9 Å². The standard InChI is InChI=1S/C19H22BrNO2/c1-13-10-14-2-3-15(17(14)16(20)11-13)18(22)23-12-19-4-7-21(8-5-19)9-6-19/h3,10-11H,2,4-9,12H2,1H3. The summed E-state index contributed by atoms with van der Waals surface area (Å²) in [6, 6.07) is 4.23. The van der Waals surface area contributed by atoms with Gasteiger partial charge in [-0.15, -0.1) is 0 Å². The fourth-order valence-corrected chi connectivity index (χ4v) is 5.01. The van der Waals surface area contributed by atoms with Gasteiger partial charge in [0.2, 0.25) is 0 Å². The maximum absolute atomic E-state index is 12.6. The number of hydrogen-bond acceptors (Lipinski definition) is 3. The molecule has 0 aromatic heterocycles. The molecule has 0 atom stereocenters. The van der Waals surface area contributed by atoms with Crippen LogP contribution in [-0.4, -0.2) is 37.1 Å². The molecule has 1 aromatic carbocycles. The molecule has 3 nitrogen and oxygen atoms in total. The first-order valence-corrected chi connectivity index (χ1v) is 9.25. The molecule has 1 aromatic rings. The third-order valence-corrected chi connectivity index (χ3v) is 6.34. The van der Waals surface area contributed by atoms with Gasteiger partial charge in [-0.05, 0) is 69.4 Å². The molecule has 0 unspecified atom stereocenters. The summed E-state index contributed by atoms with van der Waals surface area (Å²) in [6.07, 6.45) is 6.33. The molecule has 0 spiro atoms. The molecule has 3 heterocycles. The second-order valence-electron chi connectivity index (χ2n) is 7.27. The van der Waals surface area contributed by atoms with Crippen LogP contribution < -0.4 is 0 Å². The smallest absolute Gasteiger partial charge is 0.338 e. The average Bonchev–Trinajstić information content (AvgIpc) is 2.98. The minimum Gasteiger partial charge on any atom is -0.461 e. The predicted octanol–water partition coefficient (Wildman–Crippen LogP) is 3.73. The first kappa shape index (κ1) is 15.4. The Morgan fingerprint density at radius 2 is 1.96 bits per heavy atom. The first-order chi connectivity index (χ1) is 11.1. The number of nitrogens with zero attached hydrogens (tertiary/aromatic N) is 1. The fraction of sp³-hybridized carbons (Fsp3) is 0.526. The zero-order valence-corrected chi connectivity index (χ0v) is 15.1. The Kier molecular flexibility index (Phi) is 3.85. The van der Waals surface area contributed by atoms with Gasteiger partial charge < -0.3 is 9.64 Å². The Balaban J connectivity index is 1.47. The summed E-state index contributed by atoms with van der Waals surface area (Å²) in [5.41, 5.74) is 4.42. The fourth-order valence-electron chi connectivity index (χ4n) is 4.19. The van der Waals surface area contributed by atoms with Crippen molar-refractivity contribution in [3.63, 3.8) is 0 Å². The number of aryl methyl sites for hydroxylation is 1. The molecule has 23 heavy (non-hydrogen) atoms. The van der Waals surface area contributed by atoms with Crippen LogP contribution in [0.15, 0.2) is 22.7 Å².